The van der Waals surface area contributed by atoms with Crippen LogP contribution in [0.4, 0.5) is 0 Å². The minimum atomic E-state index is -0.294. The molecule has 3 rings (SSSR count). The second-order valence-corrected chi connectivity index (χ2v) is 5.69. The number of aromatic amines is 1. The van der Waals surface area contributed by atoms with Crippen LogP contribution in [-0.4, -0.2) is 21.1 Å². The zero-order valence-electron chi connectivity index (χ0n) is 12.2. The molecule has 0 bridgehead atoms. The van der Waals surface area contributed by atoms with Gasteiger partial charge in [0.15, 0.2) is 5.82 Å². The number of aryl methyl sites for hydroxylation is 1. The van der Waals surface area contributed by atoms with E-state index in [1.165, 1.54) is 29.5 Å². The van der Waals surface area contributed by atoms with E-state index >= 15 is 0 Å². The summed E-state index contributed by atoms with van der Waals surface area (Å²) >= 11 is 0. The number of H-pyrrole nitrogens is 1. The maximum Gasteiger partial charge on any atom is 0.364 e. The third-order valence-corrected chi connectivity index (χ3v) is 4.00. The van der Waals surface area contributed by atoms with Crippen molar-refractivity contribution >= 4 is 6.21 Å². The maximum absolute atomic E-state index is 11.9. The third kappa shape index (κ3) is 3.12. The first-order chi connectivity index (χ1) is 10.2. The van der Waals surface area contributed by atoms with Crippen molar-refractivity contribution in [3.63, 3.8) is 0 Å². The molecule has 1 aliphatic carbocycles. The number of nitrogens with zero attached hydrogens (tertiary/aromatic N) is 3. The first kappa shape index (κ1) is 13.8. The number of hydrogen-bond acceptors (Lipinski definition) is 3. The van der Waals surface area contributed by atoms with Gasteiger partial charge in [-0.25, -0.2) is 9.89 Å². The Morgan fingerprint density at radius 1 is 1.24 bits per heavy atom. The van der Waals surface area contributed by atoms with Crippen LogP contribution >= 0.6 is 0 Å². The van der Waals surface area contributed by atoms with Crippen LogP contribution in [-0.2, 0) is 0 Å². The van der Waals surface area contributed by atoms with Crippen LogP contribution in [0, 0.1) is 12.8 Å². The SMILES string of the molecule is Cc1ccc(-c2n[nH]c(=O)n2/N=C/C2CCCCC2)cc1. The van der Waals surface area contributed by atoms with E-state index in [1.54, 1.807) is 0 Å². The van der Waals surface area contributed by atoms with E-state index < -0.39 is 0 Å². The van der Waals surface area contributed by atoms with Crippen LogP contribution < -0.4 is 5.69 Å². The maximum atomic E-state index is 11.9. The van der Waals surface area contributed by atoms with Crippen LogP contribution in [0.2, 0.25) is 0 Å². The molecule has 1 fully saturated rings. The van der Waals surface area contributed by atoms with E-state index in [-0.39, 0.29) is 5.69 Å². The topological polar surface area (TPSA) is 63.0 Å². The van der Waals surface area contributed by atoms with E-state index in [1.807, 2.05) is 37.4 Å². The second-order valence-electron chi connectivity index (χ2n) is 5.69. The molecule has 1 N–H and O–H groups in total. The summed E-state index contributed by atoms with van der Waals surface area (Å²) in [5, 5.41) is 10.9. The standard InChI is InChI=1S/C16H20N4O/c1-12-7-9-14(10-8-12)15-18-19-16(21)20(15)17-11-13-5-3-2-4-6-13/h7-11,13H,2-6H2,1H3,(H,19,21)/b17-11+. The van der Waals surface area contributed by atoms with Gasteiger partial charge in [-0.05, 0) is 25.7 Å². The Morgan fingerprint density at radius 3 is 2.67 bits per heavy atom. The van der Waals surface area contributed by atoms with Gasteiger partial charge in [0, 0.05) is 11.8 Å². The monoisotopic (exact) mass is 284 g/mol. The minimum absolute atomic E-state index is 0.294. The van der Waals surface area contributed by atoms with Crippen LogP contribution in [0.1, 0.15) is 37.7 Å². The molecule has 110 valence electrons. The highest BCUT2D eigenvalue weighted by molar-refractivity contribution is 5.62. The summed E-state index contributed by atoms with van der Waals surface area (Å²) in [5.74, 6) is 1.04. The Balaban J connectivity index is 1.88. The smallest absolute Gasteiger partial charge is 0.244 e. The highest BCUT2D eigenvalue weighted by Crippen LogP contribution is 2.22. The highest BCUT2D eigenvalue weighted by atomic mass is 16.2. The Labute approximate surface area is 123 Å². The fraction of sp³-hybridized carbons (Fsp3) is 0.438. The number of rotatable bonds is 3. The first-order valence-electron chi connectivity index (χ1n) is 7.53. The molecule has 0 radical (unpaired) electrons. The third-order valence-electron chi connectivity index (χ3n) is 4.00. The van der Waals surface area contributed by atoms with E-state index in [2.05, 4.69) is 15.3 Å². The summed E-state index contributed by atoms with van der Waals surface area (Å²) in [7, 11) is 0. The van der Waals surface area contributed by atoms with Crippen molar-refractivity contribution in [2.75, 3.05) is 0 Å². The van der Waals surface area contributed by atoms with Crippen molar-refractivity contribution in [2.45, 2.75) is 39.0 Å². The van der Waals surface area contributed by atoms with Crippen molar-refractivity contribution in [1.29, 1.82) is 0 Å². The molecule has 0 atom stereocenters. The molecule has 0 saturated heterocycles. The lowest BCUT2D eigenvalue weighted by atomic mass is 9.90. The molecule has 5 nitrogen and oxygen atoms in total. The van der Waals surface area contributed by atoms with Crippen molar-refractivity contribution in [3.8, 4) is 11.4 Å². The van der Waals surface area contributed by atoms with Gasteiger partial charge < -0.3 is 0 Å². The molecule has 1 heterocycles. The summed E-state index contributed by atoms with van der Waals surface area (Å²) in [6.07, 6.45) is 8.05. The van der Waals surface area contributed by atoms with E-state index in [0.29, 0.717) is 11.7 Å². The van der Waals surface area contributed by atoms with Crippen molar-refractivity contribution < 1.29 is 0 Å². The van der Waals surface area contributed by atoms with Gasteiger partial charge in [0.05, 0.1) is 0 Å². The lowest BCUT2D eigenvalue weighted by Crippen LogP contribution is -2.15. The van der Waals surface area contributed by atoms with Gasteiger partial charge in [-0.1, -0.05) is 49.1 Å². The molecule has 1 saturated carbocycles. The van der Waals surface area contributed by atoms with Crippen LogP contribution in [0.25, 0.3) is 11.4 Å². The fourth-order valence-electron chi connectivity index (χ4n) is 2.73. The minimum Gasteiger partial charge on any atom is -0.244 e. The lowest BCUT2D eigenvalue weighted by Gasteiger charge is -2.16. The molecular formula is C16H20N4O. The summed E-state index contributed by atoms with van der Waals surface area (Å²) in [6, 6.07) is 7.92. The molecule has 5 heteroatoms. The number of nitrogens with one attached hydrogen (secondary N) is 1. The van der Waals surface area contributed by atoms with Crippen molar-refractivity contribution in [3.05, 3.63) is 40.3 Å². The average molecular weight is 284 g/mol. The van der Waals surface area contributed by atoms with E-state index in [4.69, 9.17) is 0 Å². The predicted octanol–water partition coefficient (Wildman–Crippen LogP) is 2.96. The molecule has 0 amide bonds. The van der Waals surface area contributed by atoms with Crippen molar-refractivity contribution in [2.24, 2.45) is 11.0 Å². The molecule has 0 aliphatic heterocycles. The molecule has 2 aromatic rings. The Bertz CT molecular complexity index is 675. The number of aromatic nitrogens is 3. The van der Waals surface area contributed by atoms with Gasteiger partial charge >= 0.3 is 5.69 Å². The van der Waals surface area contributed by atoms with Gasteiger partial charge in [-0.2, -0.15) is 14.9 Å². The van der Waals surface area contributed by atoms with E-state index in [9.17, 15) is 4.79 Å². The summed E-state index contributed by atoms with van der Waals surface area (Å²) in [4.78, 5) is 11.9. The quantitative estimate of drug-likeness (QED) is 0.881. The predicted molar refractivity (Wildman–Crippen MR) is 83.5 cm³/mol. The summed E-state index contributed by atoms with van der Waals surface area (Å²) in [5.41, 5.74) is 1.77. The molecular weight excluding hydrogens is 264 g/mol. The lowest BCUT2D eigenvalue weighted by molar-refractivity contribution is 0.443. The van der Waals surface area contributed by atoms with Crippen molar-refractivity contribution in [1.82, 2.24) is 14.9 Å². The van der Waals surface area contributed by atoms with Gasteiger partial charge in [-0.3, -0.25) is 0 Å². The summed E-state index contributed by atoms with van der Waals surface area (Å²) < 4.78 is 1.36. The summed E-state index contributed by atoms with van der Waals surface area (Å²) in [6.45, 7) is 2.03. The zero-order chi connectivity index (χ0) is 14.7. The normalized spacial score (nSPS) is 16.6. The van der Waals surface area contributed by atoms with Crippen LogP contribution in [0.15, 0.2) is 34.2 Å². The van der Waals surface area contributed by atoms with Gasteiger partial charge in [0.25, 0.3) is 0 Å². The average Bonchev–Trinajstić information content (AvgIpc) is 2.88. The molecule has 1 aromatic heterocycles. The largest absolute Gasteiger partial charge is 0.364 e. The molecule has 0 unspecified atom stereocenters. The van der Waals surface area contributed by atoms with Gasteiger partial charge in [0.1, 0.15) is 0 Å². The fourth-order valence-corrected chi connectivity index (χ4v) is 2.73. The highest BCUT2D eigenvalue weighted by Gasteiger charge is 2.13. The van der Waals surface area contributed by atoms with Crippen LogP contribution in [0.5, 0.6) is 0 Å². The molecule has 0 spiro atoms. The Kier molecular flexibility index (Phi) is 3.99. The molecule has 1 aromatic carbocycles. The first-order valence-corrected chi connectivity index (χ1v) is 7.53. The Morgan fingerprint density at radius 2 is 1.95 bits per heavy atom. The molecule has 21 heavy (non-hydrogen) atoms. The number of hydrogen-bond donors (Lipinski definition) is 1. The number of benzene rings is 1. The zero-order valence-corrected chi connectivity index (χ0v) is 12.2. The van der Waals surface area contributed by atoms with Gasteiger partial charge in [-0.15, -0.1) is 0 Å². The Hall–Kier alpha value is -2.17. The van der Waals surface area contributed by atoms with Gasteiger partial charge in [0.2, 0.25) is 0 Å². The second kappa shape index (κ2) is 6.08. The van der Waals surface area contributed by atoms with Crippen LogP contribution in [0.3, 0.4) is 0 Å². The van der Waals surface area contributed by atoms with E-state index in [0.717, 1.165) is 18.4 Å². The molecule has 1 aliphatic rings.